The second-order valence-corrected chi connectivity index (χ2v) is 7.74. The number of carbonyl (C=O) groups excluding carboxylic acids is 1. The highest BCUT2D eigenvalue weighted by molar-refractivity contribution is 5.75. The first-order chi connectivity index (χ1) is 12.1. The maximum atomic E-state index is 11.2. The van der Waals surface area contributed by atoms with Crippen LogP contribution in [0, 0.1) is 5.92 Å². The molecule has 1 atom stereocenters. The molecule has 0 aliphatic carbocycles. The quantitative estimate of drug-likeness (QED) is 0.268. The summed E-state index contributed by atoms with van der Waals surface area (Å²) in [5.74, 6) is 0.363. The highest BCUT2D eigenvalue weighted by Crippen LogP contribution is 2.14. The third-order valence-electron chi connectivity index (χ3n) is 4.67. The lowest BCUT2D eigenvalue weighted by molar-refractivity contribution is -0.146. The molecule has 0 heterocycles. The first kappa shape index (κ1) is 24.4. The molecule has 0 bridgehead atoms. The molecule has 0 aromatic carbocycles. The van der Waals surface area contributed by atoms with Gasteiger partial charge in [0.05, 0.1) is 13.2 Å². The molecule has 0 aliphatic heterocycles. The Morgan fingerprint density at radius 1 is 0.800 bits per heavy atom. The number of ether oxygens (including phenoxy) is 1. The topological polar surface area (TPSA) is 72.5 Å². The largest absolute Gasteiger partial charge is 0.464 e. The number of aliphatic hydroxyl groups is 1. The van der Waals surface area contributed by atoms with Gasteiger partial charge < -0.3 is 15.6 Å². The van der Waals surface area contributed by atoms with Gasteiger partial charge in [0, 0.05) is 0 Å². The van der Waals surface area contributed by atoms with E-state index in [0.29, 0.717) is 6.61 Å². The molecular formula is C21H43NO3. The molecule has 0 rings (SSSR count). The number of carbonyl (C=O) groups is 1. The van der Waals surface area contributed by atoms with Crippen molar-refractivity contribution in [3.63, 3.8) is 0 Å². The number of nitrogens with two attached hydrogens (primary N) is 1. The predicted octanol–water partition coefficient (Wildman–Crippen LogP) is 4.97. The molecule has 0 aromatic heterocycles. The molecule has 4 nitrogen and oxygen atoms in total. The summed E-state index contributed by atoms with van der Waals surface area (Å²) in [5.41, 5.74) is 5.36. The fourth-order valence-corrected chi connectivity index (χ4v) is 2.95. The molecular weight excluding hydrogens is 314 g/mol. The first-order valence-corrected chi connectivity index (χ1v) is 10.6. The third-order valence-corrected chi connectivity index (χ3v) is 4.67. The Morgan fingerprint density at radius 2 is 1.20 bits per heavy atom. The summed E-state index contributed by atoms with van der Waals surface area (Å²) in [5, 5.41) is 8.72. The summed E-state index contributed by atoms with van der Waals surface area (Å²) >= 11 is 0. The van der Waals surface area contributed by atoms with Gasteiger partial charge in [-0.25, -0.2) is 0 Å². The number of hydrogen-bond donors (Lipinski definition) is 2. The zero-order valence-corrected chi connectivity index (χ0v) is 16.8. The van der Waals surface area contributed by atoms with Crippen LogP contribution in [0.25, 0.3) is 0 Å². The summed E-state index contributed by atoms with van der Waals surface area (Å²) in [6.07, 6.45) is 18.4. The van der Waals surface area contributed by atoms with Crippen LogP contribution in [0.15, 0.2) is 0 Å². The smallest absolute Gasteiger partial charge is 0.325 e. The molecule has 0 saturated carbocycles. The van der Waals surface area contributed by atoms with Crippen LogP contribution < -0.4 is 5.73 Å². The lowest BCUT2D eigenvalue weighted by Gasteiger charge is -2.08. The fraction of sp³-hybridized carbons (Fsp3) is 0.952. The van der Waals surface area contributed by atoms with E-state index >= 15 is 0 Å². The molecule has 0 amide bonds. The minimum Gasteiger partial charge on any atom is -0.464 e. The number of esters is 1. The molecule has 25 heavy (non-hydrogen) atoms. The molecule has 3 N–H and O–H groups in total. The maximum Gasteiger partial charge on any atom is 0.325 e. The Morgan fingerprint density at radius 3 is 1.60 bits per heavy atom. The summed E-state index contributed by atoms with van der Waals surface area (Å²) in [6, 6.07) is -0.889. The SMILES string of the molecule is CC(C)CCCCCCCCCCCCCCCOC(=O)[C@@H](N)CO. The standard InChI is InChI=1S/C21H43NO3/c1-19(2)16-14-12-10-8-6-4-3-5-7-9-11-13-15-17-25-21(24)20(22)18-23/h19-20,23H,3-18,22H2,1-2H3/t20-/m0/s1. The van der Waals surface area contributed by atoms with Crippen LogP contribution in [0.3, 0.4) is 0 Å². The van der Waals surface area contributed by atoms with E-state index in [1.54, 1.807) is 0 Å². The lowest BCUT2D eigenvalue weighted by Crippen LogP contribution is -2.35. The van der Waals surface area contributed by atoms with E-state index in [9.17, 15) is 4.79 Å². The van der Waals surface area contributed by atoms with Crippen LogP contribution in [0.1, 0.15) is 104 Å². The van der Waals surface area contributed by atoms with E-state index in [1.807, 2.05) is 0 Å². The average Bonchev–Trinajstić information content (AvgIpc) is 2.60. The molecule has 0 spiro atoms. The third kappa shape index (κ3) is 18.0. The zero-order valence-electron chi connectivity index (χ0n) is 16.8. The van der Waals surface area contributed by atoms with Crippen molar-refractivity contribution >= 4 is 5.97 Å². The van der Waals surface area contributed by atoms with Gasteiger partial charge in [0.2, 0.25) is 0 Å². The van der Waals surface area contributed by atoms with Crippen molar-refractivity contribution in [1.29, 1.82) is 0 Å². The Bertz CT molecular complexity index is 295. The zero-order chi connectivity index (χ0) is 18.8. The minimum absolute atomic E-state index is 0.350. The number of hydrogen-bond acceptors (Lipinski definition) is 4. The van der Waals surface area contributed by atoms with Gasteiger partial charge >= 0.3 is 5.97 Å². The van der Waals surface area contributed by atoms with Crippen molar-refractivity contribution in [3.8, 4) is 0 Å². The van der Waals surface area contributed by atoms with Crippen LogP contribution in [-0.4, -0.2) is 30.3 Å². The van der Waals surface area contributed by atoms with Gasteiger partial charge in [0.15, 0.2) is 0 Å². The second-order valence-electron chi connectivity index (χ2n) is 7.74. The summed E-state index contributed by atoms with van der Waals surface area (Å²) in [4.78, 5) is 11.2. The van der Waals surface area contributed by atoms with Gasteiger partial charge in [-0.3, -0.25) is 4.79 Å². The molecule has 0 fully saturated rings. The van der Waals surface area contributed by atoms with E-state index < -0.39 is 12.0 Å². The Labute approximate surface area is 155 Å². The molecule has 0 aromatic rings. The van der Waals surface area contributed by atoms with E-state index in [1.165, 1.54) is 77.0 Å². The van der Waals surface area contributed by atoms with Gasteiger partial charge in [0.1, 0.15) is 6.04 Å². The predicted molar refractivity (Wildman–Crippen MR) is 105 cm³/mol. The van der Waals surface area contributed by atoms with Gasteiger partial charge in [-0.15, -0.1) is 0 Å². The maximum absolute atomic E-state index is 11.2. The van der Waals surface area contributed by atoms with Gasteiger partial charge in [-0.05, 0) is 12.3 Å². The van der Waals surface area contributed by atoms with Gasteiger partial charge in [-0.2, -0.15) is 0 Å². The van der Waals surface area contributed by atoms with Crippen molar-refractivity contribution < 1.29 is 14.6 Å². The average molecular weight is 358 g/mol. The van der Waals surface area contributed by atoms with Crippen LogP contribution in [0.5, 0.6) is 0 Å². The van der Waals surface area contributed by atoms with E-state index in [2.05, 4.69) is 13.8 Å². The van der Waals surface area contributed by atoms with E-state index in [4.69, 9.17) is 15.6 Å². The van der Waals surface area contributed by atoms with Crippen molar-refractivity contribution in [3.05, 3.63) is 0 Å². The molecule has 0 saturated heterocycles. The van der Waals surface area contributed by atoms with Crippen molar-refractivity contribution in [2.75, 3.05) is 13.2 Å². The van der Waals surface area contributed by atoms with Gasteiger partial charge in [-0.1, -0.05) is 97.3 Å². The lowest BCUT2D eigenvalue weighted by atomic mass is 10.0. The van der Waals surface area contributed by atoms with Crippen LogP contribution >= 0.6 is 0 Å². The van der Waals surface area contributed by atoms with Crippen molar-refractivity contribution in [1.82, 2.24) is 0 Å². The highest BCUT2D eigenvalue weighted by atomic mass is 16.5. The van der Waals surface area contributed by atoms with Crippen molar-refractivity contribution in [2.45, 2.75) is 110 Å². The van der Waals surface area contributed by atoms with E-state index in [0.717, 1.165) is 18.8 Å². The Hall–Kier alpha value is -0.610. The second kappa shape index (κ2) is 18.2. The molecule has 0 radical (unpaired) electrons. The summed E-state index contributed by atoms with van der Waals surface area (Å²) < 4.78 is 4.99. The minimum atomic E-state index is -0.889. The Kier molecular flexibility index (Phi) is 17.7. The highest BCUT2D eigenvalue weighted by Gasteiger charge is 2.12. The Balaban J connectivity index is 3.11. The molecule has 4 heteroatoms. The summed E-state index contributed by atoms with van der Waals surface area (Å²) in [7, 11) is 0. The monoisotopic (exact) mass is 357 g/mol. The molecule has 0 unspecified atom stereocenters. The first-order valence-electron chi connectivity index (χ1n) is 10.6. The summed E-state index contributed by atoms with van der Waals surface area (Å²) in [6.45, 7) is 4.69. The molecule has 150 valence electrons. The number of aliphatic hydroxyl groups excluding tert-OH is 1. The van der Waals surface area contributed by atoms with Gasteiger partial charge in [0.25, 0.3) is 0 Å². The van der Waals surface area contributed by atoms with Crippen LogP contribution in [0.2, 0.25) is 0 Å². The fourth-order valence-electron chi connectivity index (χ4n) is 2.95. The number of rotatable bonds is 18. The molecule has 0 aliphatic rings. The normalized spacial score (nSPS) is 12.5. The van der Waals surface area contributed by atoms with Crippen LogP contribution in [-0.2, 0) is 9.53 Å². The number of unbranched alkanes of at least 4 members (excludes halogenated alkanes) is 12. The van der Waals surface area contributed by atoms with E-state index in [-0.39, 0.29) is 6.61 Å². The van der Waals surface area contributed by atoms with Crippen molar-refractivity contribution in [2.24, 2.45) is 11.7 Å². The van der Waals surface area contributed by atoms with Crippen LogP contribution in [0.4, 0.5) is 0 Å².